The number of esters is 1. The number of H-pyrrole nitrogens is 1. The lowest BCUT2D eigenvalue weighted by Gasteiger charge is -2.30. The van der Waals surface area contributed by atoms with Crippen LogP contribution in [0.3, 0.4) is 0 Å². The molecule has 12 heteroatoms. The van der Waals surface area contributed by atoms with Gasteiger partial charge in [0.05, 0.1) is 25.1 Å². The molecule has 0 aliphatic carbocycles. The molecule has 0 bridgehead atoms. The van der Waals surface area contributed by atoms with Crippen molar-refractivity contribution in [2.45, 2.75) is 39.3 Å². The van der Waals surface area contributed by atoms with Gasteiger partial charge in [-0.2, -0.15) is 0 Å². The van der Waals surface area contributed by atoms with E-state index < -0.39 is 29.2 Å². The van der Waals surface area contributed by atoms with Gasteiger partial charge in [-0.05, 0) is 38.0 Å². The number of hydrogen-bond acceptors (Lipinski definition) is 9. The molecule has 0 atom stereocenters. The fourth-order valence-electron chi connectivity index (χ4n) is 2.98. The number of amides is 1. The van der Waals surface area contributed by atoms with Gasteiger partial charge in [0.25, 0.3) is 0 Å². The molecule has 0 radical (unpaired) electrons. The van der Waals surface area contributed by atoms with Crippen LogP contribution < -0.4 is 15.4 Å². The van der Waals surface area contributed by atoms with E-state index in [1.807, 2.05) is 0 Å². The standard InChI is InChI=1S/C18H22N4O7S/c1-18(2,3)28-17(26)22-7-6-9-10(8-22)30-14(11(9)15(24)27-5)19-13(23)12-16(25)29-20-21(12)4/h6-8H2,1-5H3,(H-,19,20,23,24,25). The smallest absolute Gasteiger partial charge is 0.435 e. The van der Waals surface area contributed by atoms with Crippen molar-refractivity contribution in [3.8, 4) is 0 Å². The van der Waals surface area contributed by atoms with Gasteiger partial charge in [-0.25, -0.2) is 19.4 Å². The van der Waals surface area contributed by atoms with Crippen LogP contribution in [0.25, 0.3) is 0 Å². The molecule has 2 aromatic heterocycles. The zero-order chi connectivity index (χ0) is 22.2. The molecular weight excluding hydrogens is 416 g/mol. The van der Waals surface area contributed by atoms with Crippen molar-refractivity contribution >= 4 is 34.3 Å². The summed E-state index contributed by atoms with van der Waals surface area (Å²) in [5.74, 6) is -1.50. The Balaban J connectivity index is 1.99. The minimum atomic E-state index is -0.872. The number of aliphatic imine (C=N–C) groups is 1. The van der Waals surface area contributed by atoms with E-state index in [0.717, 1.165) is 16.0 Å². The van der Waals surface area contributed by atoms with Crippen LogP contribution in [0, 0.1) is 0 Å². The number of thiophene rings is 1. The molecule has 1 aliphatic rings. The molecule has 0 saturated carbocycles. The summed E-state index contributed by atoms with van der Waals surface area (Å²) < 4.78 is 15.9. The first-order chi connectivity index (χ1) is 14.0. The molecule has 1 amide bonds. The van der Waals surface area contributed by atoms with Crippen molar-refractivity contribution in [1.29, 1.82) is 0 Å². The molecule has 162 valence electrons. The third-order valence-corrected chi connectivity index (χ3v) is 5.40. The maximum Gasteiger partial charge on any atom is 0.435 e. The lowest BCUT2D eigenvalue weighted by atomic mass is 10.0. The van der Waals surface area contributed by atoms with Gasteiger partial charge < -0.3 is 19.5 Å². The molecule has 0 fully saturated rings. The second kappa shape index (κ2) is 7.94. The second-order valence-electron chi connectivity index (χ2n) is 7.63. The minimum Gasteiger partial charge on any atom is -0.854 e. The lowest BCUT2D eigenvalue weighted by Crippen LogP contribution is -2.43. The van der Waals surface area contributed by atoms with Crippen LogP contribution >= 0.6 is 11.3 Å². The average Bonchev–Trinajstić information content (AvgIpc) is 3.18. The number of ether oxygens (including phenoxy) is 2. The maximum atomic E-state index is 12.5. The van der Waals surface area contributed by atoms with Crippen molar-refractivity contribution in [2.75, 3.05) is 13.7 Å². The first-order valence-corrected chi connectivity index (χ1v) is 9.87. The Kier molecular flexibility index (Phi) is 5.70. The number of nitrogens with zero attached hydrogens (tertiary/aromatic N) is 3. The highest BCUT2D eigenvalue weighted by atomic mass is 32.1. The molecule has 2 aromatic rings. The van der Waals surface area contributed by atoms with E-state index in [0.29, 0.717) is 23.4 Å². The summed E-state index contributed by atoms with van der Waals surface area (Å²) in [4.78, 5) is 42.7. The molecule has 1 N–H and O–H groups in total. The fourth-order valence-corrected chi connectivity index (χ4v) is 4.20. The number of methoxy groups -OCH3 is 1. The molecule has 0 unspecified atom stereocenters. The molecular formula is C18H22N4O7S. The molecule has 1 aliphatic heterocycles. The summed E-state index contributed by atoms with van der Waals surface area (Å²) in [5, 5.41) is 14.9. The van der Waals surface area contributed by atoms with E-state index in [1.165, 1.54) is 19.1 Å². The van der Waals surface area contributed by atoms with Crippen LogP contribution in [-0.2, 0) is 29.5 Å². The Morgan fingerprint density at radius 2 is 2.07 bits per heavy atom. The first kappa shape index (κ1) is 21.6. The van der Waals surface area contributed by atoms with Crippen LogP contribution in [0.4, 0.5) is 9.80 Å². The van der Waals surface area contributed by atoms with Gasteiger partial charge in [-0.3, -0.25) is 4.52 Å². The Morgan fingerprint density at radius 3 is 2.63 bits per heavy atom. The number of aromatic amines is 1. The predicted octanol–water partition coefficient (Wildman–Crippen LogP) is 0.372. The van der Waals surface area contributed by atoms with Gasteiger partial charge in [-0.15, -0.1) is 11.3 Å². The first-order valence-electron chi connectivity index (χ1n) is 9.06. The summed E-state index contributed by atoms with van der Waals surface area (Å²) in [5.41, 5.74) is -0.985. The van der Waals surface area contributed by atoms with E-state index >= 15 is 0 Å². The molecule has 30 heavy (non-hydrogen) atoms. The molecule has 11 nitrogen and oxygen atoms in total. The minimum absolute atomic E-state index is 0.114. The molecule has 3 rings (SSSR count). The van der Waals surface area contributed by atoms with Crippen LogP contribution in [-0.4, -0.2) is 47.4 Å². The third kappa shape index (κ3) is 4.22. The Hall–Kier alpha value is -3.15. The summed E-state index contributed by atoms with van der Waals surface area (Å²) in [6.45, 7) is 5.89. The maximum absolute atomic E-state index is 12.5. The van der Waals surface area contributed by atoms with E-state index in [-0.39, 0.29) is 22.8 Å². The van der Waals surface area contributed by atoms with Gasteiger partial charge in [0.2, 0.25) is 0 Å². The Morgan fingerprint density at radius 1 is 1.37 bits per heavy atom. The van der Waals surface area contributed by atoms with Gasteiger partial charge in [0.15, 0.2) is 7.05 Å². The highest BCUT2D eigenvalue weighted by molar-refractivity contribution is 7.16. The van der Waals surface area contributed by atoms with Crippen LogP contribution in [0.2, 0.25) is 0 Å². The van der Waals surface area contributed by atoms with Crippen LogP contribution in [0.5, 0.6) is 0 Å². The summed E-state index contributed by atoms with van der Waals surface area (Å²) in [6, 6.07) is 0. The normalized spacial score (nSPS) is 14.4. The quantitative estimate of drug-likeness (QED) is 0.316. The van der Waals surface area contributed by atoms with Crippen molar-refractivity contribution in [1.82, 2.24) is 10.2 Å². The van der Waals surface area contributed by atoms with E-state index in [1.54, 1.807) is 20.8 Å². The van der Waals surface area contributed by atoms with Gasteiger partial charge in [-0.1, -0.05) is 4.68 Å². The van der Waals surface area contributed by atoms with Gasteiger partial charge >= 0.3 is 23.4 Å². The van der Waals surface area contributed by atoms with Crippen molar-refractivity contribution in [3.63, 3.8) is 0 Å². The van der Waals surface area contributed by atoms with Crippen molar-refractivity contribution in [2.24, 2.45) is 12.0 Å². The van der Waals surface area contributed by atoms with Crippen LogP contribution in [0.15, 0.2) is 14.3 Å². The number of aryl methyl sites for hydroxylation is 1. The number of nitrogens with one attached hydrogen (secondary N) is 1. The van der Waals surface area contributed by atoms with E-state index in [2.05, 4.69) is 14.8 Å². The number of carbonyl (C=O) groups excluding carboxylic acids is 2. The summed E-state index contributed by atoms with van der Waals surface area (Å²) in [7, 11) is 2.65. The average molecular weight is 438 g/mol. The Labute approximate surface area is 175 Å². The molecule has 0 spiro atoms. The molecule has 0 saturated heterocycles. The Bertz CT molecular complexity index is 1070. The molecule has 3 heterocycles. The number of hydrogen-bond donors (Lipinski definition) is 1. The van der Waals surface area contributed by atoms with E-state index in [4.69, 9.17) is 9.47 Å². The van der Waals surface area contributed by atoms with Gasteiger partial charge in [0, 0.05) is 11.4 Å². The number of fused-ring (bicyclic) bond motifs is 1. The number of aromatic nitrogens is 2. The van der Waals surface area contributed by atoms with Gasteiger partial charge in [0.1, 0.15) is 10.6 Å². The van der Waals surface area contributed by atoms with E-state index in [9.17, 15) is 19.5 Å². The molecule has 0 aromatic carbocycles. The van der Waals surface area contributed by atoms with Crippen molar-refractivity contribution < 1.29 is 33.4 Å². The highest BCUT2D eigenvalue weighted by Gasteiger charge is 2.32. The largest absolute Gasteiger partial charge is 0.854 e. The SMILES string of the molecule is COC(=O)c1c(/N=C(\[O-])c2c(=O)o[nH][n+]2C)sc2c1CCN(C(=O)OC(C)(C)C)C2. The third-order valence-electron chi connectivity index (χ3n) is 4.29. The van der Waals surface area contributed by atoms with Crippen LogP contribution in [0.1, 0.15) is 47.3 Å². The summed E-state index contributed by atoms with van der Waals surface area (Å²) >= 11 is 1.09. The monoisotopic (exact) mass is 438 g/mol. The summed E-state index contributed by atoms with van der Waals surface area (Å²) in [6.07, 6.45) is -0.0908. The zero-order valence-electron chi connectivity index (χ0n) is 17.2. The number of rotatable bonds is 3. The predicted molar refractivity (Wildman–Crippen MR) is 103 cm³/mol. The topological polar surface area (TPSA) is 141 Å². The van der Waals surface area contributed by atoms with Crippen molar-refractivity contribution in [3.05, 3.63) is 32.1 Å². The zero-order valence-corrected chi connectivity index (χ0v) is 18.0. The number of carbonyl (C=O) groups is 2. The second-order valence-corrected chi connectivity index (χ2v) is 8.72. The fraction of sp³-hybridized carbons (Fsp3) is 0.500. The lowest BCUT2D eigenvalue weighted by molar-refractivity contribution is -0.742. The highest BCUT2D eigenvalue weighted by Crippen LogP contribution is 2.39.